The second-order valence-electron chi connectivity index (χ2n) is 17.3. The summed E-state index contributed by atoms with van der Waals surface area (Å²) in [5.41, 5.74) is 0.575. The minimum Gasteiger partial charge on any atom is -0.425 e. The van der Waals surface area contributed by atoms with Crippen molar-refractivity contribution in [3.05, 3.63) is 157 Å². The third-order valence-corrected chi connectivity index (χ3v) is 10.7. The number of aromatic nitrogens is 3. The fraction of sp³-hybridized carbons (Fsp3) is 0.375. The molecule has 3 atom stereocenters. The Balaban J connectivity index is 1.70. The molecule has 3 unspecified atom stereocenters. The van der Waals surface area contributed by atoms with Crippen molar-refractivity contribution < 1.29 is 28.6 Å². The largest absolute Gasteiger partial charge is 0.425 e. The molecule has 0 aliphatic heterocycles. The van der Waals surface area contributed by atoms with Gasteiger partial charge in [-0.2, -0.15) is 0 Å². The molecule has 336 valence electrons. The number of hydrogen-bond donors (Lipinski definition) is 3. The Labute approximate surface area is 368 Å². The smallest absolute Gasteiger partial charge is 0.409 e. The van der Waals surface area contributed by atoms with Gasteiger partial charge in [0.05, 0.1) is 16.6 Å². The van der Waals surface area contributed by atoms with Crippen molar-refractivity contribution in [2.45, 2.75) is 118 Å². The van der Waals surface area contributed by atoms with Crippen LogP contribution in [0, 0.1) is 0 Å². The van der Waals surface area contributed by atoms with Gasteiger partial charge in [0.25, 0.3) is 0 Å². The number of nitrogens with zero attached hydrogens (tertiary/aromatic N) is 3. The van der Waals surface area contributed by atoms with E-state index in [1.807, 2.05) is 93.6 Å². The van der Waals surface area contributed by atoms with Crippen molar-refractivity contribution in [2.75, 3.05) is 0 Å². The van der Waals surface area contributed by atoms with Gasteiger partial charge in [0.15, 0.2) is 18.7 Å². The Kier molecular flexibility index (Phi) is 14.7. The Morgan fingerprint density at radius 1 is 0.476 bits per heavy atom. The van der Waals surface area contributed by atoms with E-state index in [4.69, 9.17) is 14.2 Å². The van der Waals surface area contributed by atoms with Crippen LogP contribution in [-0.2, 0) is 30.8 Å². The maximum absolute atomic E-state index is 14.2. The summed E-state index contributed by atoms with van der Waals surface area (Å²) in [7, 11) is 0. The van der Waals surface area contributed by atoms with Crippen LogP contribution >= 0.6 is 0 Å². The zero-order valence-corrected chi connectivity index (χ0v) is 38.3. The lowest BCUT2D eigenvalue weighted by Gasteiger charge is -2.29. The van der Waals surface area contributed by atoms with Gasteiger partial charge in [-0.1, -0.05) is 103 Å². The van der Waals surface area contributed by atoms with E-state index >= 15 is 0 Å². The Bertz CT molecular complexity index is 2470. The van der Waals surface area contributed by atoms with Gasteiger partial charge < -0.3 is 30.2 Å². The highest BCUT2D eigenvalue weighted by Gasteiger charge is 2.33. The fourth-order valence-electron chi connectivity index (χ4n) is 6.74. The molecule has 0 saturated carbocycles. The number of amides is 3. The molecule has 0 aliphatic rings. The lowest BCUT2D eigenvalue weighted by atomic mass is 9.92. The van der Waals surface area contributed by atoms with Gasteiger partial charge in [0, 0.05) is 0 Å². The molecular formula is C48H60N6O9. The van der Waals surface area contributed by atoms with Gasteiger partial charge in [0.2, 0.25) is 0 Å². The van der Waals surface area contributed by atoms with Gasteiger partial charge in [-0.15, -0.1) is 0 Å². The highest BCUT2D eigenvalue weighted by Crippen LogP contribution is 2.26. The molecule has 3 amide bonds. The summed E-state index contributed by atoms with van der Waals surface area (Å²) in [4.78, 5) is 82.9. The van der Waals surface area contributed by atoms with Crippen LogP contribution in [0.4, 0.5) is 14.4 Å². The highest BCUT2D eigenvalue weighted by molar-refractivity contribution is 5.70. The van der Waals surface area contributed by atoms with Gasteiger partial charge in [-0.05, 0) is 123 Å². The molecule has 3 N–H and O–H groups in total. The van der Waals surface area contributed by atoms with Gasteiger partial charge >= 0.3 is 35.3 Å². The molecule has 15 heteroatoms. The monoisotopic (exact) mass is 864 g/mol. The molecule has 63 heavy (non-hydrogen) atoms. The molecule has 4 aromatic rings. The Morgan fingerprint density at radius 3 is 1.05 bits per heavy atom. The van der Waals surface area contributed by atoms with Crippen molar-refractivity contribution in [1.29, 1.82) is 0 Å². The highest BCUT2D eigenvalue weighted by atomic mass is 16.6. The van der Waals surface area contributed by atoms with Crippen LogP contribution in [0.1, 0.15) is 135 Å². The number of benzene rings is 3. The van der Waals surface area contributed by atoms with Crippen molar-refractivity contribution in [2.24, 2.45) is 0 Å². The van der Waals surface area contributed by atoms with Crippen LogP contribution < -0.4 is 33.0 Å². The van der Waals surface area contributed by atoms with Crippen LogP contribution in [0.3, 0.4) is 0 Å². The van der Waals surface area contributed by atoms with Crippen molar-refractivity contribution in [3.8, 4) is 0 Å². The van der Waals surface area contributed by atoms with Crippen LogP contribution in [-0.4, -0.2) is 32.0 Å². The minimum atomic E-state index is -1.65. The number of hydrogen-bond acceptors (Lipinski definition) is 9. The van der Waals surface area contributed by atoms with E-state index in [0.29, 0.717) is 19.3 Å². The zero-order chi connectivity index (χ0) is 47.4. The Morgan fingerprint density at radius 2 is 0.762 bits per heavy atom. The van der Waals surface area contributed by atoms with Gasteiger partial charge in [-0.3, -0.25) is 0 Å². The summed E-state index contributed by atoms with van der Waals surface area (Å²) in [6.45, 7) is 31.6. The second kappa shape index (κ2) is 19.0. The molecule has 15 nitrogen and oxygen atoms in total. The number of alkyl carbamates (subject to hydrolysis) is 3. The summed E-state index contributed by atoms with van der Waals surface area (Å²) in [6, 6.07) is 22.1. The molecule has 0 aliphatic carbocycles. The average Bonchev–Trinajstić information content (AvgIpc) is 3.17. The molecule has 0 saturated heterocycles. The third kappa shape index (κ3) is 11.5. The summed E-state index contributed by atoms with van der Waals surface area (Å²) in [5.74, 6) is 0. The van der Waals surface area contributed by atoms with Crippen molar-refractivity contribution in [3.63, 3.8) is 0 Å². The molecule has 4 rings (SSSR count). The topological polar surface area (TPSA) is 181 Å². The first-order valence-corrected chi connectivity index (χ1v) is 20.4. The predicted octanol–water partition coefficient (Wildman–Crippen LogP) is 8.81. The fourth-order valence-corrected chi connectivity index (χ4v) is 6.74. The summed E-state index contributed by atoms with van der Waals surface area (Å²) in [5, 5.41) is 8.25. The van der Waals surface area contributed by atoms with E-state index in [1.165, 1.54) is 20.8 Å². The maximum Gasteiger partial charge on any atom is 0.409 e. The number of carbonyl (C=O) groups is 3. The molecular weight excluding hydrogens is 805 g/mol. The van der Waals surface area contributed by atoms with Crippen molar-refractivity contribution in [1.82, 2.24) is 29.7 Å². The van der Waals surface area contributed by atoms with E-state index < -0.39 is 70.6 Å². The first-order chi connectivity index (χ1) is 29.2. The third-order valence-electron chi connectivity index (χ3n) is 10.7. The van der Waals surface area contributed by atoms with E-state index in [0.717, 1.165) is 44.5 Å². The van der Waals surface area contributed by atoms with E-state index in [9.17, 15) is 28.8 Å². The first-order valence-electron chi connectivity index (χ1n) is 20.4. The van der Waals surface area contributed by atoms with Crippen LogP contribution in [0.25, 0.3) is 16.7 Å². The lowest BCUT2D eigenvalue weighted by Crippen LogP contribution is -2.58. The molecule has 0 spiro atoms. The predicted molar refractivity (Wildman–Crippen MR) is 245 cm³/mol. The summed E-state index contributed by atoms with van der Waals surface area (Å²) in [6.07, 6.45) is -7.95. The number of allylic oxidation sites excluding steroid dienone is 3. The summed E-state index contributed by atoms with van der Waals surface area (Å²) >= 11 is 0. The number of rotatable bonds is 15. The Hall–Kier alpha value is -6.90. The molecule has 0 radical (unpaired) electrons. The van der Waals surface area contributed by atoms with Crippen LogP contribution in [0.5, 0.6) is 0 Å². The molecule has 1 heterocycles. The SMILES string of the molecule is C=C(C)c1ccc(C(C)(C)NC(=O)OC(C)n2c(=O)n(C(C)OC(=O)NC(C)(C)c3ccc(C(=C)C)cc3)c(=O)n(C(C)OC(=O)NC(C)(C)c3cccc(C(=C)C)c3)c2=O)cc1. The normalized spacial score (nSPS) is 13.1. The van der Waals surface area contributed by atoms with Gasteiger partial charge in [-0.25, -0.2) is 42.5 Å². The van der Waals surface area contributed by atoms with E-state index in [-0.39, 0.29) is 0 Å². The molecule has 3 aromatic carbocycles. The zero-order valence-electron chi connectivity index (χ0n) is 38.3. The van der Waals surface area contributed by atoms with Gasteiger partial charge in [0.1, 0.15) is 0 Å². The average molecular weight is 865 g/mol. The first kappa shape index (κ1) is 48.8. The molecule has 0 bridgehead atoms. The lowest BCUT2D eigenvalue weighted by molar-refractivity contribution is 0.0228. The number of ether oxygens (including phenoxy) is 3. The van der Waals surface area contributed by atoms with E-state index in [2.05, 4.69) is 35.7 Å². The van der Waals surface area contributed by atoms with Crippen molar-refractivity contribution >= 4 is 35.0 Å². The maximum atomic E-state index is 14.2. The number of nitrogens with one attached hydrogen (secondary N) is 3. The number of carbonyl (C=O) groups excluding carboxylic acids is 3. The van der Waals surface area contributed by atoms with Crippen LogP contribution in [0.15, 0.2) is 107 Å². The van der Waals surface area contributed by atoms with E-state index in [1.54, 1.807) is 41.5 Å². The molecule has 0 fully saturated rings. The second-order valence-corrected chi connectivity index (χ2v) is 17.3. The summed E-state index contributed by atoms with van der Waals surface area (Å²) < 4.78 is 18.2. The standard InChI is InChI=1S/C48H60N6O9/c1-28(2)34-19-23-37(24-20-34)46(10,11)49-40(55)61-31(7)52-43(58)53(32(8)62-41(56)50-47(12,13)38-25-21-35(22-26-38)29(3)4)45(60)54(44(52)59)33(9)63-42(57)51-48(14,15)39-18-16-17-36(27-39)30(5)6/h16-27,31-33H,1,3,5H2,2,4,6-15H3,(H,49,55)(H,50,56)(H,51,57). The minimum absolute atomic E-state index is 0.491. The van der Waals surface area contributed by atoms with Crippen LogP contribution in [0.2, 0.25) is 0 Å². The quantitative estimate of drug-likeness (QED) is 0.0984. The molecule has 1 aromatic heterocycles.